The Morgan fingerprint density at radius 3 is 2.50 bits per heavy atom. The summed E-state index contributed by atoms with van der Waals surface area (Å²) in [6.07, 6.45) is 4.43. The SMILES string of the molecule is CC(C)c1ccc(CN(CCN2CCCC2=O)C2CC2)cc1. The zero-order valence-corrected chi connectivity index (χ0v) is 13.9. The Labute approximate surface area is 134 Å². The van der Waals surface area contributed by atoms with E-state index in [2.05, 4.69) is 43.0 Å². The van der Waals surface area contributed by atoms with Crippen molar-refractivity contribution in [3.63, 3.8) is 0 Å². The first kappa shape index (κ1) is 15.5. The predicted molar refractivity (Wildman–Crippen MR) is 89.8 cm³/mol. The molecule has 0 bridgehead atoms. The first-order chi connectivity index (χ1) is 10.6. The average Bonchev–Trinajstić information content (AvgIpc) is 3.27. The first-order valence-electron chi connectivity index (χ1n) is 8.74. The summed E-state index contributed by atoms with van der Waals surface area (Å²) in [5.41, 5.74) is 2.80. The number of hydrogen-bond donors (Lipinski definition) is 0. The summed E-state index contributed by atoms with van der Waals surface area (Å²) < 4.78 is 0. The molecule has 1 aromatic carbocycles. The molecule has 120 valence electrons. The van der Waals surface area contributed by atoms with Gasteiger partial charge in [0.25, 0.3) is 0 Å². The quantitative estimate of drug-likeness (QED) is 0.770. The van der Waals surface area contributed by atoms with Crippen molar-refractivity contribution in [2.24, 2.45) is 0 Å². The Balaban J connectivity index is 1.56. The van der Waals surface area contributed by atoms with Gasteiger partial charge in [0, 0.05) is 38.6 Å². The monoisotopic (exact) mass is 300 g/mol. The Morgan fingerprint density at radius 2 is 1.95 bits per heavy atom. The fourth-order valence-electron chi connectivity index (χ4n) is 3.26. The maximum absolute atomic E-state index is 11.7. The molecule has 1 heterocycles. The second kappa shape index (κ2) is 6.82. The van der Waals surface area contributed by atoms with Gasteiger partial charge in [-0.05, 0) is 36.3 Å². The van der Waals surface area contributed by atoms with E-state index in [1.54, 1.807) is 0 Å². The van der Waals surface area contributed by atoms with Crippen LogP contribution in [0.25, 0.3) is 0 Å². The van der Waals surface area contributed by atoms with Crippen LogP contribution in [0.15, 0.2) is 24.3 Å². The molecule has 3 rings (SSSR count). The van der Waals surface area contributed by atoms with Gasteiger partial charge in [-0.3, -0.25) is 9.69 Å². The molecule has 1 saturated carbocycles. The molecule has 2 aliphatic rings. The van der Waals surface area contributed by atoms with Crippen LogP contribution in [0, 0.1) is 0 Å². The second-order valence-corrected chi connectivity index (χ2v) is 7.08. The molecule has 3 heteroatoms. The van der Waals surface area contributed by atoms with Gasteiger partial charge in [0.2, 0.25) is 5.91 Å². The van der Waals surface area contributed by atoms with Crippen molar-refractivity contribution in [1.82, 2.24) is 9.80 Å². The summed E-state index contributed by atoms with van der Waals surface area (Å²) in [7, 11) is 0. The molecule has 1 saturated heterocycles. The van der Waals surface area contributed by atoms with Gasteiger partial charge < -0.3 is 4.90 Å². The lowest BCUT2D eigenvalue weighted by Gasteiger charge is -2.25. The van der Waals surface area contributed by atoms with Crippen molar-refractivity contribution in [2.45, 2.75) is 58.0 Å². The summed E-state index contributed by atoms with van der Waals surface area (Å²) in [4.78, 5) is 16.3. The minimum absolute atomic E-state index is 0.344. The van der Waals surface area contributed by atoms with Crippen molar-refractivity contribution in [3.05, 3.63) is 35.4 Å². The number of carbonyl (C=O) groups excluding carboxylic acids is 1. The second-order valence-electron chi connectivity index (χ2n) is 7.08. The van der Waals surface area contributed by atoms with E-state index in [1.165, 1.54) is 24.0 Å². The average molecular weight is 300 g/mol. The number of likely N-dealkylation sites (tertiary alicyclic amines) is 1. The molecule has 2 fully saturated rings. The van der Waals surface area contributed by atoms with Crippen molar-refractivity contribution in [3.8, 4) is 0 Å². The number of rotatable bonds is 7. The third-order valence-corrected chi connectivity index (χ3v) is 4.92. The summed E-state index contributed by atoms with van der Waals surface area (Å²) >= 11 is 0. The van der Waals surface area contributed by atoms with E-state index >= 15 is 0 Å². The molecule has 1 aromatic rings. The number of nitrogens with zero attached hydrogens (tertiary/aromatic N) is 2. The number of amides is 1. The minimum Gasteiger partial charge on any atom is -0.341 e. The van der Waals surface area contributed by atoms with Crippen LogP contribution in [0.1, 0.15) is 56.6 Å². The summed E-state index contributed by atoms with van der Waals surface area (Å²) in [5, 5.41) is 0. The highest BCUT2D eigenvalue weighted by atomic mass is 16.2. The minimum atomic E-state index is 0.344. The molecule has 0 atom stereocenters. The van der Waals surface area contributed by atoms with Crippen LogP contribution < -0.4 is 0 Å². The summed E-state index contributed by atoms with van der Waals surface area (Å²) in [6.45, 7) is 8.37. The molecule has 0 N–H and O–H groups in total. The molecule has 1 aliphatic heterocycles. The molecule has 3 nitrogen and oxygen atoms in total. The lowest BCUT2D eigenvalue weighted by molar-refractivity contribution is -0.127. The Kier molecular flexibility index (Phi) is 4.82. The highest BCUT2D eigenvalue weighted by Crippen LogP contribution is 2.28. The van der Waals surface area contributed by atoms with E-state index in [1.807, 2.05) is 4.90 Å². The Hall–Kier alpha value is -1.35. The fourth-order valence-corrected chi connectivity index (χ4v) is 3.26. The van der Waals surface area contributed by atoms with E-state index in [4.69, 9.17) is 0 Å². The van der Waals surface area contributed by atoms with Crippen molar-refractivity contribution >= 4 is 5.91 Å². The third kappa shape index (κ3) is 3.89. The van der Waals surface area contributed by atoms with E-state index in [-0.39, 0.29) is 0 Å². The van der Waals surface area contributed by atoms with Gasteiger partial charge >= 0.3 is 0 Å². The van der Waals surface area contributed by atoms with E-state index in [9.17, 15) is 4.79 Å². The molecular weight excluding hydrogens is 272 g/mol. The number of carbonyl (C=O) groups is 1. The molecule has 22 heavy (non-hydrogen) atoms. The zero-order valence-electron chi connectivity index (χ0n) is 13.9. The van der Waals surface area contributed by atoms with E-state index < -0.39 is 0 Å². The summed E-state index contributed by atoms with van der Waals surface area (Å²) in [5.74, 6) is 0.937. The van der Waals surface area contributed by atoms with Crippen LogP contribution >= 0.6 is 0 Å². The Morgan fingerprint density at radius 1 is 1.23 bits per heavy atom. The number of benzene rings is 1. The lowest BCUT2D eigenvalue weighted by Crippen LogP contribution is -2.36. The van der Waals surface area contributed by atoms with Crippen LogP contribution in [0.5, 0.6) is 0 Å². The molecule has 1 amide bonds. The van der Waals surface area contributed by atoms with Crippen LogP contribution in [0.3, 0.4) is 0 Å². The normalized spacial score (nSPS) is 18.7. The molecule has 0 aromatic heterocycles. The van der Waals surface area contributed by atoms with Gasteiger partial charge in [0.15, 0.2) is 0 Å². The van der Waals surface area contributed by atoms with Gasteiger partial charge in [-0.15, -0.1) is 0 Å². The van der Waals surface area contributed by atoms with Crippen molar-refractivity contribution < 1.29 is 4.79 Å². The van der Waals surface area contributed by atoms with Crippen LogP contribution in [-0.4, -0.2) is 41.4 Å². The summed E-state index contributed by atoms with van der Waals surface area (Å²) in [6, 6.07) is 9.80. The first-order valence-corrected chi connectivity index (χ1v) is 8.74. The molecule has 1 aliphatic carbocycles. The molecular formula is C19H28N2O. The highest BCUT2D eigenvalue weighted by Gasteiger charge is 2.30. The lowest BCUT2D eigenvalue weighted by atomic mass is 10.0. The van der Waals surface area contributed by atoms with E-state index in [0.29, 0.717) is 11.8 Å². The van der Waals surface area contributed by atoms with Gasteiger partial charge in [-0.2, -0.15) is 0 Å². The van der Waals surface area contributed by atoms with Crippen LogP contribution in [0.2, 0.25) is 0 Å². The van der Waals surface area contributed by atoms with E-state index in [0.717, 1.165) is 45.1 Å². The maximum Gasteiger partial charge on any atom is 0.222 e. The largest absolute Gasteiger partial charge is 0.341 e. The van der Waals surface area contributed by atoms with Crippen molar-refractivity contribution in [2.75, 3.05) is 19.6 Å². The van der Waals surface area contributed by atoms with Crippen LogP contribution in [0.4, 0.5) is 0 Å². The van der Waals surface area contributed by atoms with Gasteiger partial charge in [0.1, 0.15) is 0 Å². The number of hydrogen-bond acceptors (Lipinski definition) is 2. The highest BCUT2D eigenvalue weighted by molar-refractivity contribution is 5.78. The zero-order chi connectivity index (χ0) is 15.5. The molecule has 0 unspecified atom stereocenters. The topological polar surface area (TPSA) is 23.6 Å². The molecule has 0 spiro atoms. The fraction of sp³-hybridized carbons (Fsp3) is 0.632. The van der Waals surface area contributed by atoms with Gasteiger partial charge in [-0.25, -0.2) is 0 Å². The van der Waals surface area contributed by atoms with Gasteiger partial charge in [-0.1, -0.05) is 38.1 Å². The maximum atomic E-state index is 11.7. The predicted octanol–water partition coefficient (Wildman–Crippen LogP) is 3.40. The van der Waals surface area contributed by atoms with Crippen molar-refractivity contribution in [1.29, 1.82) is 0 Å². The smallest absolute Gasteiger partial charge is 0.222 e. The molecule has 0 radical (unpaired) electrons. The van der Waals surface area contributed by atoms with Crippen LogP contribution in [-0.2, 0) is 11.3 Å². The van der Waals surface area contributed by atoms with Gasteiger partial charge in [0.05, 0.1) is 0 Å². The Bertz CT molecular complexity index is 505. The third-order valence-electron chi connectivity index (χ3n) is 4.92. The standard InChI is InChI=1S/C19H28N2O/c1-15(2)17-7-5-16(6-8-17)14-21(18-9-10-18)13-12-20-11-3-4-19(20)22/h5-8,15,18H,3-4,9-14H2,1-2H3.